The number of hydrogen-bond donors (Lipinski definition) is 0. The van der Waals surface area contributed by atoms with Crippen LogP contribution in [0.3, 0.4) is 0 Å². The number of hydrogen-bond acceptors (Lipinski definition) is 2. The Morgan fingerprint density at radius 2 is 2.10 bits per heavy atom. The molecule has 1 heterocycles. The van der Waals surface area contributed by atoms with Crippen LogP contribution in [0.5, 0.6) is 0 Å². The first kappa shape index (κ1) is 14.9. The summed E-state index contributed by atoms with van der Waals surface area (Å²) in [6.07, 6.45) is 3.82. The maximum Gasteiger partial charge on any atom is 0.127 e. The largest absolute Gasteiger partial charge is 0.325 e. The fourth-order valence-corrected chi connectivity index (χ4v) is 3.51. The summed E-state index contributed by atoms with van der Waals surface area (Å²) in [5.74, 6) is 0.991. The second-order valence-corrected chi connectivity index (χ2v) is 7.29. The molecule has 114 valence electrons. The minimum absolute atomic E-state index is 0.0722. The van der Waals surface area contributed by atoms with Gasteiger partial charge < -0.3 is 9.47 Å². The SMILES string of the molecule is Cc1ccc2nc(C(C)Cl)n(CC3(N(C)C)CCC3)c2c1. The van der Waals surface area contributed by atoms with E-state index in [4.69, 9.17) is 16.6 Å². The highest BCUT2D eigenvalue weighted by Gasteiger charge is 2.40. The number of nitrogens with zero attached hydrogens (tertiary/aromatic N) is 3. The van der Waals surface area contributed by atoms with Gasteiger partial charge in [-0.1, -0.05) is 6.07 Å². The first-order chi connectivity index (χ1) is 9.93. The Balaban J connectivity index is 2.11. The highest BCUT2D eigenvalue weighted by Crippen LogP contribution is 2.39. The Morgan fingerprint density at radius 3 is 2.62 bits per heavy atom. The molecule has 1 aliphatic carbocycles. The maximum absolute atomic E-state index is 6.39. The van der Waals surface area contributed by atoms with Crippen LogP contribution in [0.1, 0.15) is 43.0 Å². The first-order valence-corrected chi connectivity index (χ1v) is 8.15. The van der Waals surface area contributed by atoms with Gasteiger partial charge in [0.2, 0.25) is 0 Å². The van der Waals surface area contributed by atoms with Gasteiger partial charge in [0.25, 0.3) is 0 Å². The van der Waals surface area contributed by atoms with Crippen molar-refractivity contribution in [3.63, 3.8) is 0 Å². The van der Waals surface area contributed by atoms with Gasteiger partial charge in [0.15, 0.2) is 0 Å². The molecule has 0 aliphatic heterocycles. The Kier molecular flexibility index (Phi) is 3.74. The van der Waals surface area contributed by atoms with Crippen molar-refractivity contribution in [2.45, 2.75) is 50.6 Å². The van der Waals surface area contributed by atoms with Crippen molar-refractivity contribution in [2.75, 3.05) is 14.1 Å². The second-order valence-electron chi connectivity index (χ2n) is 6.64. The number of aromatic nitrogens is 2. The van der Waals surface area contributed by atoms with Gasteiger partial charge in [-0.2, -0.15) is 0 Å². The van der Waals surface area contributed by atoms with E-state index in [0.717, 1.165) is 17.9 Å². The zero-order valence-corrected chi connectivity index (χ0v) is 14.1. The van der Waals surface area contributed by atoms with Gasteiger partial charge >= 0.3 is 0 Å². The molecular formula is C17H24ClN3. The minimum atomic E-state index is -0.0722. The maximum atomic E-state index is 6.39. The molecule has 0 radical (unpaired) electrons. The minimum Gasteiger partial charge on any atom is -0.325 e. The number of halogens is 1. The Hall–Kier alpha value is -1.06. The number of benzene rings is 1. The molecule has 1 fully saturated rings. The van der Waals surface area contributed by atoms with E-state index >= 15 is 0 Å². The van der Waals surface area contributed by atoms with Crippen LogP contribution in [0, 0.1) is 6.92 Å². The number of aryl methyl sites for hydroxylation is 1. The molecule has 1 aliphatic rings. The summed E-state index contributed by atoms with van der Waals surface area (Å²) in [6.45, 7) is 5.12. The monoisotopic (exact) mass is 305 g/mol. The summed E-state index contributed by atoms with van der Waals surface area (Å²) in [5.41, 5.74) is 3.80. The van der Waals surface area contributed by atoms with Crippen molar-refractivity contribution in [2.24, 2.45) is 0 Å². The standard InChI is InChI=1S/C17H24ClN3/c1-12-6-7-14-15(10-12)21(16(19-14)13(2)18)11-17(20(3)4)8-5-9-17/h6-7,10,13H,5,8-9,11H2,1-4H3. The van der Waals surface area contributed by atoms with E-state index in [2.05, 4.69) is 48.7 Å². The number of likely N-dealkylation sites (N-methyl/N-ethyl adjacent to an activating group) is 1. The van der Waals surface area contributed by atoms with E-state index in [1.807, 2.05) is 6.92 Å². The van der Waals surface area contributed by atoms with Crippen LogP contribution in [-0.4, -0.2) is 34.1 Å². The summed E-state index contributed by atoms with van der Waals surface area (Å²) in [6, 6.07) is 6.45. The summed E-state index contributed by atoms with van der Waals surface area (Å²) in [5, 5.41) is -0.0722. The number of rotatable bonds is 4. The van der Waals surface area contributed by atoms with Crippen LogP contribution in [0.4, 0.5) is 0 Å². The smallest absolute Gasteiger partial charge is 0.127 e. The Bertz CT molecular complexity index is 653. The molecule has 0 N–H and O–H groups in total. The Labute approximate surface area is 131 Å². The molecular weight excluding hydrogens is 282 g/mol. The van der Waals surface area contributed by atoms with Crippen LogP contribution in [0.15, 0.2) is 18.2 Å². The predicted molar refractivity (Wildman–Crippen MR) is 89.0 cm³/mol. The molecule has 0 spiro atoms. The molecule has 1 aromatic carbocycles. The quantitative estimate of drug-likeness (QED) is 0.792. The molecule has 3 rings (SSSR count). The van der Waals surface area contributed by atoms with Crippen molar-refractivity contribution < 1.29 is 0 Å². The lowest BCUT2D eigenvalue weighted by molar-refractivity contribution is 0.0427. The van der Waals surface area contributed by atoms with Crippen LogP contribution >= 0.6 is 11.6 Å². The van der Waals surface area contributed by atoms with Gasteiger partial charge in [-0.05, 0) is 64.9 Å². The van der Waals surface area contributed by atoms with E-state index < -0.39 is 0 Å². The average Bonchev–Trinajstić information content (AvgIpc) is 2.71. The summed E-state index contributed by atoms with van der Waals surface area (Å²) < 4.78 is 2.35. The van der Waals surface area contributed by atoms with Crippen molar-refractivity contribution >= 4 is 22.6 Å². The van der Waals surface area contributed by atoms with Crippen LogP contribution in [0.2, 0.25) is 0 Å². The first-order valence-electron chi connectivity index (χ1n) is 7.71. The van der Waals surface area contributed by atoms with Crippen molar-refractivity contribution in [1.29, 1.82) is 0 Å². The van der Waals surface area contributed by atoms with E-state index in [0.29, 0.717) is 0 Å². The van der Waals surface area contributed by atoms with E-state index in [1.54, 1.807) is 0 Å². The zero-order chi connectivity index (χ0) is 15.2. The highest BCUT2D eigenvalue weighted by molar-refractivity contribution is 6.20. The van der Waals surface area contributed by atoms with Crippen molar-refractivity contribution in [3.8, 4) is 0 Å². The van der Waals surface area contributed by atoms with Gasteiger partial charge in [-0.25, -0.2) is 4.98 Å². The van der Waals surface area contributed by atoms with E-state index in [-0.39, 0.29) is 10.9 Å². The summed E-state index contributed by atoms with van der Waals surface area (Å²) in [4.78, 5) is 7.14. The molecule has 0 saturated heterocycles. The van der Waals surface area contributed by atoms with Crippen molar-refractivity contribution in [3.05, 3.63) is 29.6 Å². The van der Waals surface area contributed by atoms with Gasteiger partial charge in [-0.15, -0.1) is 11.6 Å². The predicted octanol–water partition coefficient (Wildman–Crippen LogP) is 4.13. The summed E-state index contributed by atoms with van der Waals surface area (Å²) >= 11 is 6.39. The lowest BCUT2D eigenvalue weighted by Crippen LogP contribution is -2.53. The number of imidazole rings is 1. The van der Waals surface area contributed by atoms with E-state index in [9.17, 15) is 0 Å². The molecule has 1 unspecified atom stereocenters. The van der Waals surface area contributed by atoms with E-state index in [1.165, 1.54) is 30.3 Å². The molecule has 3 nitrogen and oxygen atoms in total. The van der Waals surface area contributed by atoms with Crippen LogP contribution in [0.25, 0.3) is 11.0 Å². The molecule has 2 aromatic rings. The fourth-order valence-electron chi connectivity index (χ4n) is 3.35. The third-order valence-corrected chi connectivity index (χ3v) is 5.17. The normalized spacial score (nSPS) is 19.0. The summed E-state index contributed by atoms with van der Waals surface area (Å²) in [7, 11) is 4.38. The molecule has 4 heteroatoms. The van der Waals surface area contributed by atoms with Gasteiger partial charge in [0.05, 0.1) is 16.4 Å². The lowest BCUT2D eigenvalue weighted by Gasteiger charge is -2.48. The van der Waals surface area contributed by atoms with Crippen LogP contribution < -0.4 is 0 Å². The topological polar surface area (TPSA) is 21.1 Å². The van der Waals surface area contributed by atoms with Gasteiger partial charge in [-0.3, -0.25) is 0 Å². The molecule has 0 amide bonds. The third kappa shape index (κ3) is 2.47. The fraction of sp³-hybridized carbons (Fsp3) is 0.588. The Morgan fingerprint density at radius 1 is 1.38 bits per heavy atom. The number of alkyl halides is 1. The zero-order valence-electron chi connectivity index (χ0n) is 13.4. The molecule has 1 saturated carbocycles. The molecule has 21 heavy (non-hydrogen) atoms. The van der Waals surface area contributed by atoms with Gasteiger partial charge in [0, 0.05) is 12.1 Å². The average molecular weight is 306 g/mol. The van der Waals surface area contributed by atoms with Crippen LogP contribution in [-0.2, 0) is 6.54 Å². The highest BCUT2D eigenvalue weighted by atomic mass is 35.5. The second kappa shape index (κ2) is 5.29. The van der Waals surface area contributed by atoms with Crippen molar-refractivity contribution in [1.82, 2.24) is 14.5 Å². The molecule has 0 bridgehead atoms. The molecule has 1 atom stereocenters. The van der Waals surface area contributed by atoms with Gasteiger partial charge in [0.1, 0.15) is 5.82 Å². The third-order valence-electron chi connectivity index (χ3n) is 4.97. The molecule has 1 aromatic heterocycles. The lowest BCUT2D eigenvalue weighted by atomic mass is 9.75. The number of fused-ring (bicyclic) bond motifs is 1.